The third kappa shape index (κ3) is 6.12. The standard InChI is InChI=1S/C22H26F3N3O4/c1-13(2)28(14(3)4)20(30)15-9-18(21(31)27(5)11-15)26-19(29)12-32-17-8-6-7-16(10-17)22(23,24)25/h6-11,13-14H,12H2,1-5H3,(H,26,29). The summed E-state index contributed by atoms with van der Waals surface area (Å²) in [7, 11) is 1.45. The average molecular weight is 453 g/mol. The van der Waals surface area contributed by atoms with Crippen molar-refractivity contribution in [3.05, 3.63) is 58.0 Å². The molecule has 32 heavy (non-hydrogen) atoms. The Morgan fingerprint density at radius 3 is 2.31 bits per heavy atom. The van der Waals surface area contributed by atoms with Gasteiger partial charge in [0.15, 0.2) is 6.61 Å². The monoisotopic (exact) mass is 453 g/mol. The first-order chi connectivity index (χ1) is 14.8. The predicted octanol–water partition coefficient (Wildman–Crippen LogP) is 3.68. The molecule has 0 aliphatic rings. The fraction of sp³-hybridized carbons (Fsp3) is 0.409. The van der Waals surface area contributed by atoms with Gasteiger partial charge < -0.3 is 19.5 Å². The van der Waals surface area contributed by atoms with Crippen LogP contribution in [0.2, 0.25) is 0 Å². The molecular weight excluding hydrogens is 427 g/mol. The number of benzene rings is 1. The summed E-state index contributed by atoms with van der Waals surface area (Å²) in [6, 6.07) is 5.22. The summed E-state index contributed by atoms with van der Waals surface area (Å²) in [4.78, 5) is 39.2. The summed E-state index contributed by atoms with van der Waals surface area (Å²) in [5.74, 6) is -1.20. The number of carbonyl (C=O) groups is 2. The fourth-order valence-corrected chi connectivity index (χ4v) is 3.23. The minimum absolute atomic E-state index is 0.0846. The molecule has 2 amide bonds. The van der Waals surface area contributed by atoms with E-state index in [0.29, 0.717) is 0 Å². The van der Waals surface area contributed by atoms with E-state index >= 15 is 0 Å². The van der Waals surface area contributed by atoms with E-state index in [2.05, 4.69) is 5.32 Å². The molecular formula is C22H26F3N3O4. The van der Waals surface area contributed by atoms with E-state index in [1.54, 1.807) is 4.90 Å². The average Bonchev–Trinajstić information content (AvgIpc) is 2.68. The first kappa shape index (κ1) is 25.0. The van der Waals surface area contributed by atoms with Crippen LogP contribution in [0.4, 0.5) is 18.9 Å². The molecule has 0 radical (unpaired) electrons. The van der Waals surface area contributed by atoms with E-state index in [1.807, 2.05) is 27.7 Å². The zero-order valence-electron chi connectivity index (χ0n) is 18.5. The Hall–Kier alpha value is -3.30. The molecule has 0 aliphatic heterocycles. The molecule has 1 aromatic carbocycles. The Morgan fingerprint density at radius 1 is 1.12 bits per heavy atom. The lowest BCUT2D eigenvalue weighted by Crippen LogP contribution is -2.42. The van der Waals surface area contributed by atoms with Gasteiger partial charge in [0.05, 0.1) is 11.1 Å². The van der Waals surface area contributed by atoms with E-state index in [1.165, 1.54) is 29.9 Å². The van der Waals surface area contributed by atoms with Crippen molar-refractivity contribution in [3.8, 4) is 5.75 Å². The summed E-state index contributed by atoms with van der Waals surface area (Å²) in [6.07, 6.45) is -3.15. The third-order valence-corrected chi connectivity index (χ3v) is 4.58. The molecule has 0 fully saturated rings. The molecule has 0 saturated heterocycles. The van der Waals surface area contributed by atoms with Crippen molar-refractivity contribution >= 4 is 17.5 Å². The van der Waals surface area contributed by atoms with Crippen molar-refractivity contribution in [1.82, 2.24) is 9.47 Å². The first-order valence-corrected chi connectivity index (χ1v) is 9.94. The number of hydrogen-bond donors (Lipinski definition) is 1. The van der Waals surface area contributed by atoms with Gasteiger partial charge in [0.25, 0.3) is 17.4 Å². The number of hydrogen-bond acceptors (Lipinski definition) is 4. The molecule has 7 nitrogen and oxygen atoms in total. The molecule has 0 spiro atoms. The number of alkyl halides is 3. The third-order valence-electron chi connectivity index (χ3n) is 4.58. The maximum Gasteiger partial charge on any atom is 0.416 e. The second-order valence-electron chi connectivity index (χ2n) is 7.82. The van der Waals surface area contributed by atoms with Crippen LogP contribution in [0.5, 0.6) is 5.75 Å². The largest absolute Gasteiger partial charge is 0.484 e. The van der Waals surface area contributed by atoms with Gasteiger partial charge in [-0.1, -0.05) is 6.07 Å². The van der Waals surface area contributed by atoms with Gasteiger partial charge in [0.2, 0.25) is 0 Å². The maximum absolute atomic E-state index is 12.9. The topological polar surface area (TPSA) is 80.6 Å². The molecule has 1 heterocycles. The maximum atomic E-state index is 12.9. The minimum Gasteiger partial charge on any atom is -0.484 e. The van der Waals surface area contributed by atoms with Crippen molar-refractivity contribution in [2.75, 3.05) is 11.9 Å². The Kier molecular flexibility index (Phi) is 7.71. The van der Waals surface area contributed by atoms with Crippen molar-refractivity contribution in [2.45, 2.75) is 46.0 Å². The zero-order chi connectivity index (χ0) is 24.2. The highest BCUT2D eigenvalue weighted by atomic mass is 19.4. The Balaban J connectivity index is 2.18. The van der Waals surface area contributed by atoms with E-state index < -0.39 is 29.8 Å². The van der Waals surface area contributed by atoms with E-state index in [0.717, 1.165) is 18.2 Å². The molecule has 2 rings (SSSR count). The van der Waals surface area contributed by atoms with Crippen molar-refractivity contribution in [3.63, 3.8) is 0 Å². The van der Waals surface area contributed by atoms with Crippen LogP contribution in [0.25, 0.3) is 0 Å². The van der Waals surface area contributed by atoms with Crippen LogP contribution < -0.4 is 15.6 Å². The number of halogens is 3. The normalized spacial score (nSPS) is 11.6. The van der Waals surface area contributed by atoms with Crippen LogP contribution in [0.1, 0.15) is 43.6 Å². The summed E-state index contributed by atoms with van der Waals surface area (Å²) in [5, 5.41) is 2.37. The molecule has 0 aliphatic carbocycles. The van der Waals surface area contributed by atoms with Crippen molar-refractivity contribution < 1.29 is 27.5 Å². The van der Waals surface area contributed by atoms with Crippen LogP contribution in [-0.4, -0.2) is 40.0 Å². The fourth-order valence-electron chi connectivity index (χ4n) is 3.23. The molecule has 0 bridgehead atoms. The Bertz CT molecular complexity index is 1040. The smallest absolute Gasteiger partial charge is 0.416 e. The molecule has 10 heteroatoms. The highest BCUT2D eigenvalue weighted by Gasteiger charge is 2.30. The summed E-state index contributed by atoms with van der Waals surface area (Å²) < 4.78 is 44.7. The number of aryl methyl sites for hydroxylation is 1. The Morgan fingerprint density at radius 2 is 1.75 bits per heavy atom. The first-order valence-electron chi connectivity index (χ1n) is 9.94. The summed E-state index contributed by atoms with van der Waals surface area (Å²) in [5.41, 5.74) is -1.38. The number of nitrogens with one attached hydrogen (secondary N) is 1. The van der Waals surface area contributed by atoms with Gasteiger partial charge in [-0.25, -0.2) is 0 Å². The number of pyridine rings is 1. The van der Waals surface area contributed by atoms with Crippen molar-refractivity contribution in [1.29, 1.82) is 0 Å². The summed E-state index contributed by atoms with van der Waals surface area (Å²) in [6.45, 7) is 6.86. The van der Waals surface area contributed by atoms with Gasteiger partial charge in [-0.15, -0.1) is 0 Å². The van der Waals surface area contributed by atoms with Gasteiger partial charge in [-0.3, -0.25) is 14.4 Å². The number of rotatable bonds is 7. The van der Waals surface area contributed by atoms with Crippen LogP contribution in [-0.2, 0) is 18.0 Å². The van der Waals surface area contributed by atoms with Gasteiger partial charge in [-0.05, 0) is 52.0 Å². The molecule has 2 aromatic rings. The molecule has 1 N–H and O–H groups in total. The lowest BCUT2D eigenvalue weighted by atomic mass is 10.1. The molecule has 0 atom stereocenters. The quantitative estimate of drug-likeness (QED) is 0.694. The second kappa shape index (κ2) is 9.88. The van der Waals surface area contributed by atoms with Gasteiger partial charge in [0, 0.05) is 25.3 Å². The van der Waals surface area contributed by atoms with Crippen molar-refractivity contribution in [2.24, 2.45) is 7.05 Å². The predicted molar refractivity (Wildman–Crippen MR) is 114 cm³/mol. The molecule has 0 unspecified atom stereocenters. The lowest BCUT2D eigenvalue weighted by Gasteiger charge is -2.31. The van der Waals surface area contributed by atoms with Gasteiger partial charge in [-0.2, -0.15) is 13.2 Å². The zero-order valence-corrected chi connectivity index (χ0v) is 18.5. The summed E-state index contributed by atoms with van der Waals surface area (Å²) >= 11 is 0. The molecule has 1 aromatic heterocycles. The van der Waals surface area contributed by atoms with Crippen LogP contribution in [0.15, 0.2) is 41.3 Å². The lowest BCUT2D eigenvalue weighted by molar-refractivity contribution is -0.137. The number of aromatic nitrogens is 1. The van der Waals surface area contributed by atoms with E-state index in [9.17, 15) is 27.6 Å². The minimum atomic E-state index is -4.54. The number of carbonyl (C=O) groups excluding carboxylic acids is 2. The van der Waals surface area contributed by atoms with Crippen LogP contribution in [0, 0.1) is 0 Å². The Labute approximate surface area is 183 Å². The number of ether oxygens (including phenoxy) is 1. The second-order valence-corrected chi connectivity index (χ2v) is 7.82. The molecule has 0 saturated carbocycles. The number of nitrogens with zero attached hydrogens (tertiary/aromatic N) is 2. The molecule has 174 valence electrons. The van der Waals surface area contributed by atoms with Crippen LogP contribution in [0.3, 0.4) is 0 Å². The van der Waals surface area contributed by atoms with Gasteiger partial charge in [0.1, 0.15) is 11.4 Å². The number of amides is 2. The number of anilines is 1. The highest BCUT2D eigenvalue weighted by Crippen LogP contribution is 2.31. The van der Waals surface area contributed by atoms with E-state index in [4.69, 9.17) is 4.74 Å². The highest BCUT2D eigenvalue weighted by molar-refractivity contribution is 5.97. The van der Waals surface area contributed by atoms with Gasteiger partial charge >= 0.3 is 6.18 Å². The van der Waals surface area contributed by atoms with Crippen LogP contribution >= 0.6 is 0 Å². The SMILES string of the molecule is CC(C)N(C(=O)c1cc(NC(=O)COc2cccc(C(F)(F)F)c2)c(=O)n(C)c1)C(C)C. The van der Waals surface area contributed by atoms with E-state index in [-0.39, 0.29) is 35.0 Å².